The molecule has 136 valence electrons. The van der Waals surface area contributed by atoms with Gasteiger partial charge in [-0.15, -0.1) is 10.2 Å². The van der Waals surface area contributed by atoms with Gasteiger partial charge in [-0.05, 0) is 18.2 Å². The number of halogens is 2. The molecule has 3 aromatic rings. The predicted molar refractivity (Wildman–Crippen MR) is 94.0 cm³/mol. The minimum atomic E-state index is -0.408. The molecule has 0 bridgehead atoms. The van der Waals surface area contributed by atoms with Gasteiger partial charge in [0.15, 0.2) is 5.82 Å². The van der Waals surface area contributed by atoms with Gasteiger partial charge in [0, 0.05) is 57.1 Å². The highest BCUT2D eigenvalue weighted by atomic mass is 19.1. The van der Waals surface area contributed by atoms with Gasteiger partial charge in [-0.3, -0.25) is 9.30 Å². The molecule has 0 spiro atoms. The molecule has 1 fully saturated rings. The second kappa shape index (κ2) is 6.95. The molecule has 6 nitrogen and oxygen atoms in total. The van der Waals surface area contributed by atoms with Crippen LogP contribution in [0.4, 0.5) is 14.6 Å². The summed E-state index contributed by atoms with van der Waals surface area (Å²) in [5.74, 6) is 0.949. The van der Waals surface area contributed by atoms with E-state index in [-0.39, 0.29) is 5.82 Å². The van der Waals surface area contributed by atoms with E-state index in [9.17, 15) is 8.78 Å². The van der Waals surface area contributed by atoms with E-state index >= 15 is 0 Å². The average Bonchev–Trinajstić information content (AvgIpc) is 3.09. The summed E-state index contributed by atoms with van der Waals surface area (Å²) in [5.41, 5.74) is 1.15. The minimum absolute atomic E-state index is 0.365. The van der Waals surface area contributed by atoms with Gasteiger partial charge in [-0.2, -0.15) is 0 Å². The van der Waals surface area contributed by atoms with E-state index in [2.05, 4.69) is 25.0 Å². The predicted octanol–water partition coefficient (Wildman–Crippen LogP) is 2.29. The summed E-state index contributed by atoms with van der Waals surface area (Å²) in [4.78, 5) is 8.78. The molecule has 4 rings (SSSR count). The van der Waals surface area contributed by atoms with Crippen molar-refractivity contribution in [3.63, 3.8) is 0 Å². The first-order chi connectivity index (χ1) is 12.7. The number of anilines is 1. The molecule has 26 heavy (non-hydrogen) atoms. The van der Waals surface area contributed by atoms with E-state index in [1.165, 1.54) is 12.1 Å². The Hall–Kier alpha value is -2.61. The molecule has 3 heterocycles. The van der Waals surface area contributed by atoms with E-state index in [0.717, 1.165) is 56.0 Å². The maximum Gasteiger partial charge on any atom is 0.203 e. The number of hydrogen-bond acceptors (Lipinski definition) is 5. The quantitative estimate of drug-likeness (QED) is 0.716. The largest absolute Gasteiger partial charge is 0.351 e. The maximum atomic E-state index is 13.8. The maximum absolute atomic E-state index is 13.8. The second-order valence-corrected chi connectivity index (χ2v) is 6.41. The molecular formula is C18H20F2N6. The summed E-state index contributed by atoms with van der Waals surface area (Å²) in [6.07, 6.45) is 4.44. The van der Waals surface area contributed by atoms with Crippen LogP contribution < -0.4 is 4.90 Å². The summed E-state index contributed by atoms with van der Waals surface area (Å²) in [6.45, 7) is 5.43. The van der Waals surface area contributed by atoms with Gasteiger partial charge in [-0.25, -0.2) is 13.8 Å². The van der Waals surface area contributed by atoms with E-state index in [1.54, 1.807) is 6.20 Å². The van der Waals surface area contributed by atoms with Crippen LogP contribution in [0.15, 0.2) is 30.6 Å². The molecule has 1 aliphatic rings. The SMILES string of the molecule is CCc1nnc2c(N3CCN(Cc4cc(F)ccc4F)CC3)nccn12. The molecule has 0 unspecified atom stereocenters. The molecular weight excluding hydrogens is 338 g/mol. The molecule has 0 amide bonds. The zero-order valence-electron chi connectivity index (χ0n) is 14.6. The fraction of sp³-hybridized carbons (Fsp3) is 0.389. The van der Waals surface area contributed by atoms with Crippen LogP contribution in [-0.4, -0.2) is 50.7 Å². The molecule has 0 radical (unpaired) electrons. The first-order valence-corrected chi connectivity index (χ1v) is 8.75. The molecule has 1 aromatic carbocycles. The van der Waals surface area contributed by atoms with Crippen LogP contribution in [0.2, 0.25) is 0 Å². The van der Waals surface area contributed by atoms with Gasteiger partial charge >= 0.3 is 0 Å². The van der Waals surface area contributed by atoms with Crippen LogP contribution in [0.5, 0.6) is 0 Å². The van der Waals surface area contributed by atoms with Crippen molar-refractivity contribution in [2.75, 3.05) is 31.1 Å². The van der Waals surface area contributed by atoms with Crippen molar-refractivity contribution < 1.29 is 8.78 Å². The Labute approximate surface area is 150 Å². The van der Waals surface area contributed by atoms with Crippen LogP contribution in [-0.2, 0) is 13.0 Å². The lowest BCUT2D eigenvalue weighted by atomic mass is 10.1. The third-order valence-electron chi connectivity index (χ3n) is 4.77. The van der Waals surface area contributed by atoms with Crippen molar-refractivity contribution in [1.82, 2.24) is 24.5 Å². The third kappa shape index (κ3) is 3.12. The van der Waals surface area contributed by atoms with Gasteiger partial charge in [0.1, 0.15) is 17.5 Å². The molecule has 1 saturated heterocycles. The number of hydrogen-bond donors (Lipinski definition) is 0. The minimum Gasteiger partial charge on any atom is -0.351 e. The molecule has 0 saturated carbocycles. The summed E-state index contributed by atoms with van der Waals surface area (Å²) in [5, 5.41) is 8.49. The Morgan fingerprint density at radius 2 is 1.88 bits per heavy atom. The number of rotatable bonds is 4. The van der Waals surface area contributed by atoms with E-state index < -0.39 is 5.82 Å². The van der Waals surface area contributed by atoms with Crippen molar-refractivity contribution in [3.8, 4) is 0 Å². The fourth-order valence-electron chi connectivity index (χ4n) is 3.35. The normalized spacial score (nSPS) is 15.7. The smallest absolute Gasteiger partial charge is 0.203 e. The van der Waals surface area contributed by atoms with Crippen molar-refractivity contribution in [2.24, 2.45) is 0 Å². The lowest BCUT2D eigenvalue weighted by Crippen LogP contribution is -2.46. The summed E-state index contributed by atoms with van der Waals surface area (Å²) < 4.78 is 29.2. The highest BCUT2D eigenvalue weighted by molar-refractivity contribution is 5.64. The number of nitrogens with zero attached hydrogens (tertiary/aromatic N) is 6. The number of fused-ring (bicyclic) bond motifs is 1. The Bertz CT molecular complexity index is 917. The topological polar surface area (TPSA) is 49.6 Å². The zero-order chi connectivity index (χ0) is 18.1. The zero-order valence-corrected chi connectivity index (χ0v) is 14.6. The van der Waals surface area contributed by atoms with Crippen molar-refractivity contribution in [1.29, 1.82) is 0 Å². The Kier molecular flexibility index (Phi) is 4.50. The Morgan fingerprint density at radius 3 is 2.65 bits per heavy atom. The average molecular weight is 358 g/mol. The standard InChI is InChI=1S/C18H20F2N6/c1-2-16-22-23-18-17(21-5-6-26(16)18)25-9-7-24(8-10-25)12-13-11-14(19)3-4-15(13)20/h3-6,11H,2,7-10,12H2,1H3. The molecule has 0 atom stereocenters. The van der Waals surface area contributed by atoms with E-state index in [0.29, 0.717) is 12.1 Å². The van der Waals surface area contributed by atoms with Crippen molar-refractivity contribution in [3.05, 3.63) is 53.6 Å². The van der Waals surface area contributed by atoms with Gasteiger partial charge in [0.05, 0.1) is 0 Å². The number of aryl methyl sites for hydroxylation is 1. The van der Waals surface area contributed by atoms with Crippen LogP contribution in [0.25, 0.3) is 5.65 Å². The first kappa shape index (κ1) is 16.8. The highest BCUT2D eigenvalue weighted by Crippen LogP contribution is 2.20. The van der Waals surface area contributed by atoms with Crippen molar-refractivity contribution in [2.45, 2.75) is 19.9 Å². The van der Waals surface area contributed by atoms with E-state index in [1.807, 2.05) is 17.5 Å². The summed E-state index contributed by atoms with van der Waals surface area (Å²) >= 11 is 0. The summed E-state index contributed by atoms with van der Waals surface area (Å²) in [6, 6.07) is 3.60. The van der Waals surface area contributed by atoms with E-state index in [4.69, 9.17) is 0 Å². The van der Waals surface area contributed by atoms with Gasteiger partial charge in [-0.1, -0.05) is 6.92 Å². The fourth-order valence-corrected chi connectivity index (χ4v) is 3.35. The first-order valence-electron chi connectivity index (χ1n) is 8.75. The van der Waals surface area contributed by atoms with Gasteiger partial charge < -0.3 is 4.90 Å². The number of aromatic nitrogens is 4. The van der Waals surface area contributed by atoms with Crippen LogP contribution >= 0.6 is 0 Å². The molecule has 2 aromatic heterocycles. The molecule has 0 aliphatic carbocycles. The van der Waals surface area contributed by atoms with Gasteiger partial charge in [0.25, 0.3) is 0 Å². The second-order valence-electron chi connectivity index (χ2n) is 6.41. The molecule has 1 aliphatic heterocycles. The van der Waals surface area contributed by atoms with Crippen molar-refractivity contribution >= 4 is 11.5 Å². The molecule has 8 heteroatoms. The lowest BCUT2D eigenvalue weighted by molar-refractivity contribution is 0.246. The number of benzene rings is 1. The van der Waals surface area contributed by atoms with Crippen LogP contribution in [0.1, 0.15) is 18.3 Å². The Balaban J connectivity index is 1.47. The highest BCUT2D eigenvalue weighted by Gasteiger charge is 2.22. The Morgan fingerprint density at radius 1 is 1.08 bits per heavy atom. The third-order valence-corrected chi connectivity index (χ3v) is 4.77. The van der Waals surface area contributed by atoms with Crippen LogP contribution in [0.3, 0.4) is 0 Å². The summed E-state index contributed by atoms with van der Waals surface area (Å²) in [7, 11) is 0. The molecule has 0 N–H and O–H groups in total. The monoisotopic (exact) mass is 358 g/mol. The van der Waals surface area contributed by atoms with Gasteiger partial charge in [0.2, 0.25) is 5.65 Å². The van der Waals surface area contributed by atoms with Crippen LogP contribution in [0, 0.1) is 11.6 Å². The lowest BCUT2D eigenvalue weighted by Gasteiger charge is -2.35. The number of piperazine rings is 1.